The second-order valence-electron chi connectivity index (χ2n) is 8.34. The number of nitrogens with one attached hydrogen (secondary N) is 1. The van der Waals surface area contributed by atoms with Crippen molar-refractivity contribution in [2.75, 3.05) is 5.32 Å². The van der Waals surface area contributed by atoms with E-state index in [0.29, 0.717) is 18.7 Å². The summed E-state index contributed by atoms with van der Waals surface area (Å²) < 4.78 is 0. The fourth-order valence-electron chi connectivity index (χ4n) is 4.20. The van der Waals surface area contributed by atoms with Crippen LogP contribution in [0.5, 0.6) is 0 Å². The molecule has 1 amide bonds. The van der Waals surface area contributed by atoms with Gasteiger partial charge in [-0.1, -0.05) is 84.4 Å². The number of nitrogens with zero attached hydrogens (tertiary/aromatic N) is 2. The number of aromatic nitrogens is 2. The van der Waals surface area contributed by atoms with Gasteiger partial charge in [-0.3, -0.25) is 4.79 Å². The van der Waals surface area contributed by atoms with Crippen molar-refractivity contribution in [1.29, 1.82) is 0 Å². The first-order valence-electron chi connectivity index (χ1n) is 11.0. The lowest BCUT2D eigenvalue weighted by Gasteiger charge is -2.21. The second-order valence-corrected chi connectivity index (χ2v) is 8.34. The van der Waals surface area contributed by atoms with Gasteiger partial charge < -0.3 is 5.32 Å². The van der Waals surface area contributed by atoms with Crippen molar-refractivity contribution in [3.63, 3.8) is 0 Å². The van der Waals surface area contributed by atoms with Gasteiger partial charge in [-0.25, -0.2) is 9.97 Å². The molecule has 1 heterocycles. The predicted octanol–water partition coefficient (Wildman–Crippen LogP) is 5.32. The summed E-state index contributed by atoms with van der Waals surface area (Å²) in [6.07, 6.45) is 2.69. The van der Waals surface area contributed by atoms with Crippen LogP contribution in [0.3, 0.4) is 0 Å². The molecular formula is C28H25N3O. The summed E-state index contributed by atoms with van der Waals surface area (Å²) in [5, 5.41) is 3.06. The fourth-order valence-corrected chi connectivity index (χ4v) is 4.20. The van der Waals surface area contributed by atoms with E-state index in [0.717, 1.165) is 46.6 Å². The van der Waals surface area contributed by atoms with Crippen molar-refractivity contribution in [2.24, 2.45) is 0 Å². The normalized spacial score (nSPS) is 12.0. The van der Waals surface area contributed by atoms with Crippen molar-refractivity contribution in [3.8, 4) is 11.3 Å². The van der Waals surface area contributed by atoms with E-state index in [1.54, 1.807) is 0 Å². The lowest BCUT2D eigenvalue weighted by atomic mass is 9.91. The molecule has 0 spiro atoms. The summed E-state index contributed by atoms with van der Waals surface area (Å²) in [5.41, 5.74) is 8.44. The molecule has 4 nitrogen and oxygen atoms in total. The van der Waals surface area contributed by atoms with E-state index in [4.69, 9.17) is 9.97 Å². The summed E-state index contributed by atoms with van der Waals surface area (Å²) >= 11 is 0. The van der Waals surface area contributed by atoms with Crippen LogP contribution in [0.25, 0.3) is 11.3 Å². The number of carbonyl (C=O) groups excluding carboxylic acids is 1. The van der Waals surface area contributed by atoms with Crippen molar-refractivity contribution in [2.45, 2.75) is 32.6 Å². The minimum absolute atomic E-state index is 0.0753. The number of amides is 1. The summed E-state index contributed by atoms with van der Waals surface area (Å²) in [5.74, 6) is 0.498. The molecule has 1 aliphatic rings. The minimum atomic E-state index is -0.0753. The van der Waals surface area contributed by atoms with Crippen LogP contribution in [0.1, 0.15) is 33.6 Å². The number of hydrogen-bond acceptors (Lipinski definition) is 3. The molecule has 0 saturated carbocycles. The molecule has 3 aromatic carbocycles. The lowest BCUT2D eigenvalue weighted by molar-refractivity contribution is -0.115. The zero-order valence-corrected chi connectivity index (χ0v) is 18.1. The summed E-state index contributed by atoms with van der Waals surface area (Å²) in [6, 6.07) is 26.6. The number of carbonyl (C=O) groups is 1. The van der Waals surface area contributed by atoms with E-state index in [1.165, 1.54) is 11.1 Å². The zero-order valence-electron chi connectivity index (χ0n) is 18.1. The van der Waals surface area contributed by atoms with E-state index in [9.17, 15) is 4.79 Å². The predicted molar refractivity (Wildman–Crippen MR) is 128 cm³/mol. The van der Waals surface area contributed by atoms with Crippen LogP contribution in [-0.2, 0) is 30.5 Å². The smallest absolute Gasteiger partial charge is 0.229 e. The molecule has 4 heteroatoms. The highest BCUT2D eigenvalue weighted by Gasteiger charge is 2.22. The lowest BCUT2D eigenvalue weighted by Crippen LogP contribution is -2.20. The quantitative estimate of drug-likeness (QED) is 0.476. The van der Waals surface area contributed by atoms with Gasteiger partial charge in [-0.15, -0.1) is 0 Å². The van der Waals surface area contributed by atoms with Gasteiger partial charge >= 0.3 is 0 Å². The van der Waals surface area contributed by atoms with Crippen molar-refractivity contribution in [3.05, 3.63) is 113 Å². The van der Waals surface area contributed by atoms with E-state index in [2.05, 4.69) is 35.6 Å². The van der Waals surface area contributed by atoms with Crippen LogP contribution in [-0.4, -0.2) is 15.9 Å². The van der Waals surface area contributed by atoms with Gasteiger partial charge in [0.2, 0.25) is 5.91 Å². The van der Waals surface area contributed by atoms with Crippen molar-refractivity contribution in [1.82, 2.24) is 9.97 Å². The second kappa shape index (κ2) is 8.75. The Hall–Kier alpha value is -3.79. The molecule has 1 aromatic heterocycles. The van der Waals surface area contributed by atoms with Gasteiger partial charge in [0, 0.05) is 12.0 Å². The molecule has 158 valence electrons. The Kier molecular flexibility index (Phi) is 5.51. The minimum Gasteiger partial charge on any atom is -0.309 e. The Morgan fingerprint density at radius 2 is 1.59 bits per heavy atom. The first-order chi connectivity index (χ1) is 15.7. The van der Waals surface area contributed by atoms with E-state index < -0.39 is 0 Å². The largest absolute Gasteiger partial charge is 0.309 e. The summed E-state index contributed by atoms with van der Waals surface area (Å²) in [4.78, 5) is 22.8. The molecule has 0 atom stereocenters. The van der Waals surface area contributed by atoms with Crippen LogP contribution in [0.15, 0.2) is 78.9 Å². The number of rotatable bonds is 5. The highest BCUT2D eigenvalue weighted by molar-refractivity contribution is 5.92. The van der Waals surface area contributed by atoms with Gasteiger partial charge in [-0.2, -0.15) is 0 Å². The third-order valence-electron chi connectivity index (χ3n) is 5.90. The SMILES string of the molecule is Cc1ccc(CC(=O)Nc2nc3c(nc2Cc2ccccc2)-c2ccccc2CC3)cc1. The van der Waals surface area contributed by atoms with Gasteiger partial charge in [0.25, 0.3) is 0 Å². The van der Waals surface area contributed by atoms with Crippen molar-refractivity contribution < 1.29 is 4.79 Å². The summed E-state index contributed by atoms with van der Waals surface area (Å²) in [7, 11) is 0. The van der Waals surface area contributed by atoms with Crippen LogP contribution >= 0.6 is 0 Å². The molecule has 0 aliphatic heterocycles. The highest BCUT2D eigenvalue weighted by atomic mass is 16.1. The average Bonchev–Trinajstić information content (AvgIpc) is 2.81. The number of aryl methyl sites for hydroxylation is 3. The number of hydrogen-bond donors (Lipinski definition) is 1. The van der Waals surface area contributed by atoms with Crippen LogP contribution in [0, 0.1) is 6.92 Å². The molecule has 4 aromatic rings. The molecular weight excluding hydrogens is 394 g/mol. The monoisotopic (exact) mass is 419 g/mol. The topological polar surface area (TPSA) is 54.9 Å². The molecule has 1 N–H and O–H groups in total. The molecule has 0 radical (unpaired) electrons. The molecule has 1 aliphatic carbocycles. The van der Waals surface area contributed by atoms with Gasteiger partial charge in [0.1, 0.15) is 0 Å². The molecule has 32 heavy (non-hydrogen) atoms. The van der Waals surface area contributed by atoms with E-state index in [1.807, 2.05) is 55.5 Å². The summed E-state index contributed by atoms with van der Waals surface area (Å²) in [6.45, 7) is 2.04. The van der Waals surface area contributed by atoms with Crippen LogP contribution < -0.4 is 5.32 Å². The Labute approximate surface area is 188 Å². The first kappa shape index (κ1) is 20.1. The van der Waals surface area contributed by atoms with Gasteiger partial charge in [0.15, 0.2) is 5.82 Å². The molecule has 5 rings (SSSR count). The molecule has 0 fully saturated rings. The maximum atomic E-state index is 12.9. The highest BCUT2D eigenvalue weighted by Crippen LogP contribution is 2.33. The Morgan fingerprint density at radius 3 is 2.41 bits per heavy atom. The van der Waals surface area contributed by atoms with Gasteiger partial charge in [0.05, 0.1) is 23.5 Å². The van der Waals surface area contributed by atoms with Crippen molar-refractivity contribution >= 4 is 11.7 Å². The standard InChI is InChI=1S/C28H25N3O/c1-19-11-13-21(14-12-19)18-26(32)31-28-25(17-20-7-3-2-4-8-20)29-27-23-10-6-5-9-22(23)15-16-24(27)30-28/h2-14H,15-18H2,1H3,(H,30,31,32). The Balaban J connectivity index is 1.49. The maximum Gasteiger partial charge on any atom is 0.229 e. The van der Waals surface area contributed by atoms with E-state index in [-0.39, 0.29) is 5.91 Å². The first-order valence-corrected chi connectivity index (χ1v) is 11.0. The number of fused-ring (bicyclic) bond motifs is 3. The Morgan fingerprint density at radius 1 is 0.844 bits per heavy atom. The number of anilines is 1. The fraction of sp³-hybridized carbons (Fsp3) is 0.179. The molecule has 0 unspecified atom stereocenters. The third kappa shape index (κ3) is 4.30. The van der Waals surface area contributed by atoms with Crippen LogP contribution in [0.4, 0.5) is 5.82 Å². The molecule has 0 bridgehead atoms. The molecule has 0 saturated heterocycles. The van der Waals surface area contributed by atoms with E-state index >= 15 is 0 Å². The van der Waals surface area contributed by atoms with Gasteiger partial charge in [-0.05, 0) is 36.5 Å². The maximum absolute atomic E-state index is 12.9. The van der Waals surface area contributed by atoms with Crippen LogP contribution in [0.2, 0.25) is 0 Å². The third-order valence-corrected chi connectivity index (χ3v) is 5.90. The average molecular weight is 420 g/mol. The number of benzene rings is 3. The zero-order chi connectivity index (χ0) is 21.9. The Bertz CT molecular complexity index is 1260.